The summed E-state index contributed by atoms with van der Waals surface area (Å²) in [5, 5.41) is 0. The molecule has 1 fully saturated rings. The first-order valence-corrected chi connectivity index (χ1v) is 6.35. The van der Waals surface area contributed by atoms with Gasteiger partial charge in [-0.3, -0.25) is 11.3 Å². The summed E-state index contributed by atoms with van der Waals surface area (Å²) >= 11 is 0. The summed E-state index contributed by atoms with van der Waals surface area (Å²) in [7, 11) is 1.72. The van der Waals surface area contributed by atoms with E-state index >= 15 is 0 Å². The highest BCUT2D eigenvalue weighted by atomic mass is 16.5. The summed E-state index contributed by atoms with van der Waals surface area (Å²) < 4.78 is 5.44. The predicted molar refractivity (Wildman–Crippen MR) is 69.8 cm³/mol. The molecule has 1 unspecified atom stereocenters. The summed E-state index contributed by atoms with van der Waals surface area (Å²) in [5.41, 5.74) is 5.30. The molecule has 0 heterocycles. The fourth-order valence-corrected chi connectivity index (χ4v) is 2.24. The van der Waals surface area contributed by atoms with E-state index in [1.807, 2.05) is 0 Å². The summed E-state index contributed by atoms with van der Waals surface area (Å²) in [4.78, 5) is 0. The monoisotopic (exact) mass is 234 g/mol. The Morgan fingerprint density at radius 3 is 2.82 bits per heavy atom. The van der Waals surface area contributed by atoms with Gasteiger partial charge in [0.05, 0.1) is 7.11 Å². The van der Waals surface area contributed by atoms with Crippen molar-refractivity contribution >= 4 is 0 Å². The van der Waals surface area contributed by atoms with E-state index in [-0.39, 0.29) is 6.04 Å². The molecule has 3 nitrogen and oxygen atoms in total. The van der Waals surface area contributed by atoms with Gasteiger partial charge in [-0.2, -0.15) is 0 Å². The average Bonchev–Trinajstić information content (AvgIpc) is 3.15. The van der Waals surface area contributed by atoms with Crippen LogP contribution in [0.3, 0.4) is 0 Å². The Bertz CT molecular complexity index is 374. The molecule has 1 atom stereocenters. The van der Waals surface area contributed by atoms with Crippen LogP contribution in [0.5, 0.6) is 5.75 Å². The van der Waals surface area contributed by atoms with Gasteiger partial charge in [0.2, 0.25) is 0 Å². The predicted octanol–water partition coefficient (Wildman–Crippen LogP) is 2.70. The lowest BCUT2D eigenvalue weighted by molar-refractivity contribution is 0.392. The lowest BCUT2D eigenvalue weighted by atomic mass is 9.99. The van der Waals surface area contributed by atoms with Crippen LogP contribution >= 0.6 is 0 Å². The number of hydrogen-bond donors (Lipinski definition) is 2. The fraction of sp³-hybridized carbons (Fsp3) is 0.571. The van der Waals surface area contributed by atoms with E-state index in [0.717, 1.165) is 18.1 Å². The van der Waals surface area contributed by atoms with Crippen molar-refractivity contribution in [2.45, 2.75) is 38.6 Å². The molecule has 0 spiro atoms. The second kappa shape index (κ2) is 5.52. The molecule has 94 valence electrons. The average molecular weight is 234 g/mol. The van der Waals surface area contributed by atoms with Crippen LogP contribution in [-0.4, -0.2) is 7.11 Å². The molecule has 0 amide bonds. The molecule has 0 radical (unpaired) electrons. The third kappa shape index (κ3) is 3.20. The van der Waals surface area contributed by atoms with Crippen LogP contribution in [-0.2, 0) is 0 Å². The number of ether oxygens (including phenoxy) is 1. The van der Waals surface area contributed by atoms with E-state index in [0.29, 0.717) is 0 Å². The first kappa shape index (κ1) is 12.4. The van der Waals surface area contributed by atoms with Gasteiger partial charge in [0.1, 0.15) is 5.75 Å². The van der Waals surface area contributed by atoms with Crippen molar-refractivity contribution in [1.82, 2.24) is 5.43 Å². The summed E-state index contributed by atoms with van der Waals surface area (Å²) in [6.07, 6.45) is 5.12. The maximum absolute atomic E-state index is 5.67. The molecular formula is C14H22N2O. The molecule has 0 aromatic heterocycles. The zero-order valence-electron chi connectivity index (χ0n) is 10.7. The van der Waals surface area contributed by atoms with Gasteiger partial charge in [-0.05, 0) is 37.3 Å². The summed E-state index contributed by atoms with van der Waals surface area (Å²) in [6.45, 7) is 2.07. The SMILES string of the molecule is COc1cc(C)ccc1C(CCC1CC1)NN. The molecule has 1 saturated carbocycles. The van der Waals surface area contributed by atoms with Crippen molar-refractivity contribution in [2.75, 3.05) is 7.11 Å². The van der Waals surface area contributed by atoms with Gasteiger partial charge in [-0.25, -0.2) is 0 Å². The molecule has 1 aliphatic rings. The normalized spacial score (nSPS) is 16.9. The maximum atomic E-state index is 5.67. The molecule has 0 bridgehead atoms. The number of hydrogen-bond acceptors (Lipinski definition) is 3. The number of benzene rings is 1. The van der Waals surface area contributed by atoms with Crippen LogP contribution in [0.1, 0.15) is 42.9 Å². The number of nitrogens with one attached hydrogen (secondary N) is 1. The van der Waals surface area contributed by atoms with Crippen LogP contribution in [0.15, 0.2) is 18.2 Å². The second-order valence-corrected chi connectivity index (χ2v) is 4.99. The maximum Gasteiger partial charge on any atom is 0.123 e. The summed E-state index contributed by atoms with van der Waals surface area (Å²) in [5.74, 6) is 7.53. The van der Waals surface area contributed by atoms with Gasteiger partial charge >= 0.3 is 0 Å². The number of aryl methyl sites for hydroxylation is 1. The molecule has 1 aromatic carbocycles. The van der Waals surface area contributed by atoms with E-state index in [1.54, 1.807) is 7.11 Å². The molecule has 17 heavy (non-hydrogen) atoms. The minimum atomic E-state index is 0.200. The van der Waals surface area contributed by atoms with Crippen LogP contribution < -0.4 is 16.0 Å². The zero-order valence-corrected chi connectivity index (χ0v) is 10.7. The highest BCUT2D eigenvalue weighted by Crippen LogP contribution is 2.37. The van der Waals surface area contributed by atoms with Gasteiger partial charge in [-0.15, -0.1) is 0 Å². The molecule has 1 aliphatic carbocycles. The Morgan fingerprint density at radius 1 is 1.47 bits per heavy atom. The molecule has 2 rings (SSSR count). The Balaban J connectivity index is 2.10. The van der Waals surface area contributed by atoms with Gasteiger partial charge in [0, 0.05) is 11.6 Å². The third-order valence-electron chi connectivity index (χ3n) is 3.53. The molecule has 0 aliphatic heterocycles. The summed E-state index contributed by atoms with van der Waals surface area (Å²) in [6, 6.07) is 6.49. The van der Waals surface area contributed by atoms with Gasteiger partial charge in [0.25, 0.3) is 0 Å². The van der Waals surface area contributed by atoms with Crippen LogP contribution in [0.4, 0.5) is 0 Å². The van der Waals surface area contributed by atoms with E-state index in [2.05, 4.69) is 30.5 Å². The van der Waals surface area contributed by atoms with Gasteiger partial charge in [0.15, 0.2) is 0 Å². The Morgan fingerprint density at radius 2 is 2.24 bits per heavy atom. The first-order chi connectivity index (χ1) is 8.24. The van der Waals surface area contributed by atoms with E-state index < -0.39 is 0 Å². The Labute approximate surface area is 103 Å². The third-order valence-corrected chi connectivity index (χ3v) is 3.53. The first-order valence-electron chi connectivity index (χ1n) is 6.35. The van der Waals surface area contributed by atoms with Crippen molar-refractivity contribution in [1.29, 1.82) is 0 Å². The standard InChI is InChI=1S/C14H22N2O/c1-10-3-7-12(14(9-10)17-2)13(16-15)8-6-11-4-5-11/h3,7,9,11,13,16H,4-6,8,15H2,1-2H3. The topological polar surface area (TPSA) is 47.3 Å². The van der Waals surface area contributed by atoms with Crippen molar-refractivity contribution in [2.24, 2.45) is 11.8 Å². The van der Waals surface area contributed by atoms with Crippen molar-refractivity contribution in [3.05, 3.63) is 29.3 Å². The number of rotatable bonds is 6. The van der Waals surface area contributed by atoms with Crippen LogP contribution in [0, 0.1) is 12.8 Å². The van der Waals surface area contributed by atoms with Crippen molar-refractivity contribution < 1.29 is 4.74 Å². The van der Waals surface area contributed by atoms with Crippen LogP contribution in [0.25, 0.3) is 0 Å². The highest BCUT2D eigenvalue weighted by Gasteiger charge is 2.23. The van der Waals surface area contributed by atoms with E-state index in [9.17, 15) is 0 Å². The molecular weight excluding hydrogens is 212 g/mol. The molecule has 3 heteroatoms. The highest BCUT2D eigenvalue weighted by molar-refractivity contribution is 5.39. The minimum Gasteiger partial charge on any atom is -0.496 e. The van der Waals surface area contributed by atoms with E-state index in [4.69, 9.17) is 10.6 Å². The zero-order chi connectivity index (χ0) is 12.3. The minimum absolute atomic E-state index is 0.200. The fourth-order valence-electron chi connectivity index (χ4n) is 2.24. The quantitative estimate of drug-likeness (QED) is 0.587. The van der Waals surface area contributed by atoms with Crippen molar-refractivity contribution in [3.8, 4) is 5.75 Å². The van der Waals surface area contributed by atoms with Gasteiger partial charge < -0.3 is 4.74 Å². The Kier molecular flexibility index (Phi) is 4.02. The van der Waals surface area contributed by atoms with Crippen molar-refractivity contribution in [3.63, 3.8) is 0 Å². The number of nitrogens with two attached hydrogens (primary N) is 1. The molecule has 1 aromatic rings. The van der Waals surface area contributed by atoms with E-state index in [1.165, 1.54) is 30.4 Å². The molecule has 0 saturated heterocycles. The Hall–Kier alpha value is -1.06. The van der Waals surface area contributed by atoms with Gasteiger partial charge in [-0.1, -0.05) is 25.0 Å². The second-order valence-electron chi connectivity index (χ2n) is 4.99. The lowest BCUT2D eigenvalue weighted by Crippen LogP contribution is -2.28. The number of hydrazine groups is 1. The smallest absolute Gasteiger partial charge is 0.123 e. The lowest BCUT2D eigenvalue weighted by Gasteiger charge is -2.19. The van der Waals surface area contributed by atoms with Crippen LogP contribution in [0.2, 0.25) is 0 Å². The number of methoxy groups -OCH3 is 1. The molecule has 3 N–H and O–H groups in total. The largest absolute Gasteiger partial charge is 0.496 e.